The van der Waals surface area contributed by atoms with Gasteiger partial charge in [-0.25, -0.2) is 0 Å². The van der Waals surface area contributed by atoms with Gasteiger partial charge in [-0.05, 0) is 58.5 Å². The van der Waals surface area contributed by atoms with Crippen molar-refractivity contribution in [3.63, 3.8) is 0 Å². The van der Waals surface area contributed by atoms with E-state index in [1.165, 1.54) is 47.5 Å². The molecule has 0 radical (unpaired) electrons. The predicted molar refractivity (Wildman–Crippen MR) is 180 cm³/mol. The van der Waals surface area contributed by atoms with Crippen LogP contribution in [0.5, 0.6) is 11.5 Å². The number of carbonyl (C=O) groups excluding carboxylic acids is 2. The number of aromatic nitrogens is 3. The second-order valence-electron chi connectivity index (χ2n) is 11.1. The highest BCUT2D eigenvalue weighted by atomic mass is 32.2. The van der Waals surface area contributed by atoms with Crippen molar-refractivity contribution in [1.29, 1.82) is 0 Å². The Morgan fingerprint density at radius 3 is 2.57 bits per heavy atom. The second kappa shape index (κ2) is 13.7. The van der Waals surface area contributed by atoms with Crippen LogP contribution in [0.3, 0.4) is 0 Å². The minimum absolute atomic E-state index is 0.0631. The molecular weight excluding hydrogens is 621 g/mol. The zero-order valence-corrected chi connectivity index (χ0v) is 27.2. The molecule has 0 spiro atoms. The van der Waals surface area contributed by atoms with Crippen LogP contribution in [0.2, 0.25) is 0 Å². The highest BCUT2D eigenvalue weighted by Crippen LogP contribution is 2.45. The number of aliphatic hydroxyl groups excluding tert-OH is 1. The minimum atomic E-state index is -0.990. The first-order valence-electron chi connectivity index (χ1n) is 14.8. The van der Waals surface area contributed by atoms with Gasteiger partial charge in [-0.3, -0.25) is 19.5 Å². The Kier molecular flexibility index (Phi) is 9.32. The molecule has 0 bridgehead atoms. The highest BCUT2D eigenvalue weighted by molar-refractivity contribution is 8.00. The molecule has 9 nitrogen and oxygen atoms in total. The van der Waals surface area contributed by atoms with Gasteiger partial charge in [-0.1, -0.05) is 85.5 Å². The van der Waals surface area contributed by atoms with Crippen LogP contribution in [0.15, 0.2) is 95.1 Å². The first kappa shape index (κ1) is 31.3. The van der Waals surface area contributed by atoms with Crippen molar-refractivity contribution in [2.24, 2.45) is 5.92 Å². The van der Waals surface area contributed by atoms with Crippen LogP contribution in [-0.4, -0.2) is 45.7 Å². The van der Waals surface area contributed by atoms with Crippen molar-refractivity contribution in [3.8, 4) is 11.5 Å². The fraction of sp³-hybridized carbons (Fsp3) is 0.229. The number of ether oxygens (including phenoxy) is 2. The lowest BCUT2D eigenvalue weighted by molar-refractivity contribution is -0.132. The summed E-state index contributed by atoms with van der Waals surface area (Å²) in [5.41, 5.74) is 2.00. The number of aliphatic hydroxyl groups is 1. The molecule has 1 aliphatic rings. The van der Waals surface area contributed by atoms with Gasteiger partial charge in [-0.15, -0.1) is 10.2 Å². The number of methoxy groups -OCH3 is 1. The number of thioether (sulfide) groups is 1. The maximum atomic E-state index is 13.7. The zero-order chi connectivity index (χ0) is 32.2. The van der Waals surface area contributed by atoms with Crippen LogP contribution in [-0.2, 0) is 15.3 Å². The van der Waals surface area contributed by atoms with Crippen molar-refractivity contribution < 1.29 is 24.2 Å². The molecule has 234 valence electrons. The van der Waals surface area contributed by atoms with E-state index in [0.717, 1.165) is 22.8 Å². The summed E-state index contributed by atoms with van der Waals surface area (Å²) in [6, 6.07) is 21.8. The number of hydrogen-bond donors (Lipinski definition) is 1. The predicted octanol–water partition coefficient (Wildman–Crippen LogP) is 7.44. The van der Waals surface area contributed by atoms with Crippen molar-refractivity contribution in [2.75, 3.05) is 18.6 Å². The Balaban J connectivity index is 1.36. The molecule has 1 amide bonds. The molecule has 1 aliphatic heterocycles. The number of carbonyl (C=O) groups is 2. The Labute approximate surface area is 274 Å². The number of pyridine rings is 1. The molecule has 0 saturated carbocycles. The summed E-state index contributed by atoms with van der Waals surface area (Å²) in [5, 5.41) is 22.7. The first-order chi connectivity index (χ1) is 22.4. The van der Waals surface area contributed by atoms with Crippen molar-refractivity contribution in [1.82, 2.24) is 15.2 Å². The van der Waals surface area contributed by atoms with E-state index < -0.39 is 17.7 Å². The summed E-state index contributed by atoms with van der Waals surface area (Å²) >= 11 is 2.72. The third kappa shape index (κ3) is 6.33. The summed E-state index contributed by atoms with van der Waals surface area (Å²) in [6.45, 7) is 4.75. The van der Waals surface area contributed by atoms with E-state index in [1.54, 1.807) is 30.3 Å². The molecule has 3 heterocycles. The lowest BCUT2D eigenvalue weighted by atomic mass is 9.95. The lowest BCUT2D eigenvalue weighted by Crippen LogP contribution is -2.29. The average Bonchev–Trinajstić information content (AvgIpc) is 3.65. The molecule has 1 unspecified atom stereocenters. The number of benzene rings is 3. The largest absolute Gasteiger partial charge is 0.507 e. The van der Waals surface area contributed by atoms with Gasteiger partial charge in [0.15, 0.2) is 15.8 Å². The van der Waals surface area contributed by atoms with E-state index >= 15 is 0 Å². The van der Waals surface area contributed by atoms with Gasteiger partial charge in [-0.2, -0.15) is 0 Å². The maximum absolute atomic E-state index is 13.7. The Bertz CT molecular complexity index is 1920. The third-order valence-electron chi connectivity index (χ3n) is 7.69. The number of rotatable bonds is 11. The van der Waals surface area contributed by atoms with Crippen LogP contribution in [0, 0.1) is 5.92 Å². The van der Waals surface area contributed by atoms with Gasteiger partial charge in [0.05, 0.1) is 25.3 Å². The van der Waals surface area contributed by atoms with Crippen LogP contribution in [0.4, 0.5) is 5.13 Å². The molecule has 6 rings (SSSR count). The molecule has 46 heavy (non-hydrogen) atoms. The number of hydrogen-bond acceptors (Lipinski definition) is 10. The van der Waals surface area contributed by atoms with E-state index in [9.17, 15) is 14.7 Å². The number of nitrogens with zero attached hydrogens (tertiary/aromatic N) is 4. The van der Waals surface area contributed by atoms with Gasteiger partial charge in [0.25, 0.3) is 5.78 Å². The normalized spacial score (nSPS) is 16.0. The number of fused-ring (bicyclic) bond motifs is 1. The van der Waals surface area contributed by atoms with Crippen LogP contribution >= 0.6 is 23.1 Å². The molecule has 0 aliphatic carbocycles. The molecule has 2 aromatic heterocycles. The summed E-state index contributed by atoms with van der Waals surface area (Å²) < 4.78 is 12.3. The van der Waals surface area contributed by atoms with Crippen molar-refractivity contribution in [2.45, 2.75) is 36.4 Å². The van der Waals surface area contributed by atoms with Gasteiger partial charge in [0.2, 0.25) is 5.13 Å². The lowest BCUT2D eigenvalue weighted by Gasteiger charge is -2.23. The monoisotopic (exact) mass is 652 g/mol. The maximum Gasteiger partial charge on any atom is 0.301 e. The molecule has 5 aromatic rings. The molecule has 1 N–H and O–H groups in total. The number of amides is 1. The Morgan fingerprint density at radius 2 is 1.78 bits per heavy atom. The Morgan fingerprint density at radius 1 is 1.00 bits per heavy atom. The summed E-state index contributed by atoms with van der Waals surface area (Å²) in [6.07, 6.45) is 3.89. The molecule has 3 aromatic carbocycles. The quantitative estimate of drug-likeness (QED) is 0.0511. The number of ketones is 1. The van der Waals surface area contributed by atoms with Gasteiger partial charge < -0.3 is 14.6 Å². The van der Waals surface area contributed by atoms with E-state index in [4.69, 9.17) is 9.47 Å². The van der Waals surface area contributed by atoms with E-state index in [1.807, 2.05) is 18.2 Å². The smallest absolute Gasteiger partial charge is 0.301 e. The van der Waals surface area contributed by atoms with Crippen molar-refractivity contribution in [3.05, 3.63) is 107 Å². The van der Waals surface area contributed by atoms with E-state index in [0.29, 0.717) is 45.2 Å². The summed E-state index contributed by atoms with van der Waals surface area (Å²) in [5.74, 6) is 0.171. The van der Waals surface area contributed by atoms with Gasteiger partial charge in [0.1, 0.15) is 5.76 Å². The zero-order valence-electron chi connectivity index (χ0n) is 25.5. The van der Waals surface area contributed by atoms with Crippen LogP contribution < -0.4 is 14.4 Å². The molecular formula is C35H32N4O5S2. The fourth-order valence-corrected chi connectivity index (χ4v) is 7.18. The highest BCUT2D eigenvalue weighted by Gasteiger charge is 2.48. The first-order valence-corrected chi connectivity index (χ1v) is 16.6. The number of Topliss-reactive ketones (excluding diaryl/α,β-unsaturated/α-hetero) is 1. The van der Waals surface area contributed by atoms with Crippen molar-refractivity contribution >= 4 is 56.5 Å². The average molecular weight is 653 g/mol. The van der Waals surface area contributed by atoms with Crippen LogP contribution in [0.1, 0.15) is 43.0 Å². The second-order valence-corrected chi connectivity index (χ2v) is 13.3. The number of anilines is 1. The molecule has 1 atom stereocenters. The van der Waals surface area contributed by atoms with E-state index in [-0.39, 0.29) is 16.5 Å². The summed E-state index contributed by atoms with van der Waals surface area (Å²) in [4.78, 5) is 32.6. The molecule has 1 saturated heterocycles. The SMILES string of the molecule is COc1cc(C2/C(=C(\O)c3ccncc3)C(=O)C(=O)N2c2nnc(SCc3cccc4ccccc34)s2)ccc1OCCC(C)C. The Hall–Kier alpha value is -4.74. The van der Waals surface area contributed by atoms with Gasteiger partial charge in [0, 0.05) is 23.7 Å². The van der Waals surface area contributed by atoms with Crippen LogP contribution in [0.25, 0.3) is 16.5 Å². The topological polar surface area (TPSA) is 115 Å². The standard InChI is InChI=1S/C35H32N4O5S2/c1-21(2)15-18-44-27-12-11-24(19-28(27)43-3)30-29(31(40)23-13-16-36-17-14-23)32(41)33(42)39(30)34-37-38-35(46-34)45-20-25-9-6-8-22-7-4-5-10-26(22)25/h4-14,16-17,19,21,30,40H,15,18,20H2,1-3H3/b31-29+. The van der Waals surface area contributed by atoms with Gasteiger partial charge >= 0.3 is 5.91 Å². The minimum Gasteiger partial charge on any atom is -0.507 e. The molecule has 11 heteroatoms. The van der Waals surface area contributed by atoms with E-state index in [2.05, 4.69) is 53.3 Å². The summed E-state index contributed by atoms with van der Waals surface area (Å²) in [7, 11) is 1.53. The third-order valence-corrected chi connectivity index (χ3v) is 9.79. The molecule has 1 fully saturated rings. The fourth-order valence-electron chi connectivity index (χ4n) is 5.30.